The van der Waals surface area contributed by atoms with Crippen LogP contribution in [0.4, 0.5) is 0 Å². The highest BCUT2D eigenvalue weighted by Gasteiger charge is 2.24. The van der Waals surface area contributed by atoms with Gasteiger partial charge in [0.25, 0.3) is 0 Å². The molecule has 0 amide bonds. The average molecular weight is 359 g/mol. The SMILES string of the molecule is CCN1CCC(C(=O)c2ccc(Cl)cc2)CC1.NCc1ccccc1. The number of likely N-dealkylation sites (tertiary alicyclic amines) is 1. The largest absolute Gasteiger partial charge is 0.326 e. The fourth-order valence-electron chi connectivity index (χ4n) is 2.98. The Morgan fingerprint density at radius 1 is 1.08 bits per heavy atom. The van der Waals surface area contributed by atoms with Crippen LogP contribution in [0.25, 0.3) is 0 Å². The fourth-order valence-corrected chi connectivity index (χ4v) is 3.10. The first-order valence-electron chi connectivity index (χ1n) is 8.90. The Balaban J connectivity index is 0.000000236. The lowest BCUT2D eigenvalue weighted by Crippen LogP contribution is -2.36. The summed E-state index contributed by atoms with van der Waals surface area (Å²) < 4.78 is 0. The van der Waals surface area contributed by atoms with Gasteiger partial charge < -0.3 is 10.6 Å². The molecule has 1 aliphatic rings. The molecule has 4 heteroatoms. The van der Waals surface area contributed by atoms with E-state index in [0.717, 1.165) is 38.0 Å². The number of carbonyl (C=O) groups is 1. The molecule has 2 aromatic carbocycles. The van der Waals surface area contributed by atoms with E-state index >= 15 is 0 Å². The average Bonchev–Trinajstić information content (AvgIpc) is 2.69. The summed E-state index contributed by atoms with van der Waals surface area (Å²) in [5, 5.41) is 0.683. The van der Waals surface area contributed by atoms with E-state index < -0.39 is 0 Å². The molecule has 0 bridgehead atoms. The molecular formula is C21H27ClN2O. The molecule has 134 valence electrons. The van der Waals surface area contributed by atoms with Gasteiger partial charge in [-0.2, -0.15) is 0 Å². The second-order valence-corrected chi connectivity index (χ2v) is 6.71. The van der Waals surface area contributed by atoms with E-state index in [9.17, 15) is 4.79 Å². The zero-order chi connectivity index (χ0) is 18.1. The maximum atomic E-state index is 12.2. The van der Waals surface area contributed by atoms with E-state index in [1.54, 1.807) is 12.1 Å². The third kappa shape index (κ3) is 6.28. The van der Waals surface area contributed by atoms with Crippen molar-refractivity contribution in [2.75, 3.05) is 19.6 Å². The molecule has 2 aromatic rings. The monoisotopic (exact) mass is 358 g/mol. The maximum absolute atomic E-state index is 12.2. The number of hydrogen-bond acceptors (Lipinski definition) is 3. The van der Waals surface area contributed by atoms with Crippen molar-refractivity contribution in [3.8, 4) is 0 Å². The minimum absolute atomic E-state index is 0.193. The zero-order valence-electron chi connectivity index (χ0n) is 14.8. The number of benzene rings is 2. The van der Waals surface area contributed by atoms with Gasteiger partial charge in [0.05, 0.1) is 0 Å². The fraction of sp³-hybridized carbons (Fsp3) is 0.381. The third-order valence-corrected chi connectivity index (χ3v) is 4.86. The molecule has 25 heavy (non-hydrogen) atoms. The van der Waals surface area contributed by atoms with E-state index in [2.05, 4.69) is 11.8 Å². The summed E-state index contributed by atoms with van der Waals surface area (Å²) in [7, 11) is 0. The molecule has 2 N–H and O–H groups in total. The van der Waals surface area contributed by atoms with Gasteiger partial charge in [0, 0.05) is 23.0 Å². The first-order valence-corrected chi connectivity index (χ1v) is 9.28. The Morgan fingerprint density at radius 2 is 1.68 bits per heavy atom. The van der Waals surface area contributed by atoms with Gasteiger partial charge in [-0.05, 0) is 62.3 Å². The van der Waals surface area contributed by atoms with Crippen LogP contribution in [0.15, 0.2) is 54.6 Å². The molecule has 1 heterocycles. The molecule has 0 saturated carbocycles. The molecule has 0 spiro atoms. The van der Waals surface area contributed by atoms with Gasteiger partial charge >= 0.3 is 0 Å². The molecule has 3 rings (SSSR count). The number of nitrogens with two attached hydrogens (primary N) is 1. The van der Waals surface area contributed by atoms with Crippen LogP contribution < -0.4 is 5.73 Å². The number of ketones is 1. The van der Waals surface area contributed by atoms with Crippen molar-refractivity contribution in [2.45, 2.75) is 26.3 Å². The van der Waals surface area contributed by atoms with Gasteiger partial charge in [-0.25, -0.2) is 0 Å². The lowest BCUT2D eigenvalue weighted by Gasteiger charge is -2.30. The van der Waals surface area contributed by atoms with Crippen LogP contribution in [0, 0.1) is 5.92 Å². The Hall–Kier alpha value is -1.68. The second-order valence-electron chi connectivity index (χ2n) is 6.27. The summed E-state index contributed by atoms with van der Waals surface area (Å²) >= 11 is 5.82. The van der Waals surface area contributed by atoms with Crippen molar-refractivity contribution < 1.29 is 4.79 Å². The van der Waals surface area contributed by atoms with Crippen LogP contribution in [-0.4, -0.2) is 30.3 Å². The van der Waals surface area contributed by atoms with Crippen LogP contribution in [0.5, 0.6) is 0 Å². The molecule has 0 unspecified atom stereocenters. The van der Waals surface area contributed by atoms with Crippen LogP contribution in [0.2, 0.25) is 5.02 Å². The number of halogens is 1. The summed E-state index contributed by atoms with van der Waals surface area (Å²) in [4.78, 5) is 14.6. The topological polar surface area (TPSA) is 46.3 Å². The molecule has 3 nitrogen and oxygen atoms in total. The molecule has 1 saturated heterocycles. The minimum atomic E-state index is 0.193. The molecule has 1 fully saturated rings. The molecule has 0 radical (unpaired) electrons. The van der Waals surface area contributed by atoms with E-state index in [0.29, 0.717) is 11.6 Å². The summed E-state index contributed by atoms with van der Waals surface area (Å²) in [6, 6.07) is 17.2. The number of carbonyl (C=O) groups excluding carboxylic acids is 1. The van der Waals surface area contributed by atoms with Crippen LogP contribution >= 0.6 is 11.6 Å². The lowest BCUT2D eigenvalue weighted by molar-refractivity contribution is 0.0844. The van der Waals surface area contributed by atoms with Crippen LogP contribution in [0.1, 0.15) is 35.7 Å². The van der Waals surface area contributed by atoms with Crippen molar-refractivity contribution in [2.24, 2.45) is 11.7 Å². The Bertz CT molecular complexity index is 635. The minimum Gasteiger partial charge on any atom is -0.326 e. The van der Waals surface area contributed by atoms with Gasteiger partial charge in [-0.1, -0.05) is 48.9 Å². The highest BCUT2D eigenvalue weighted by Crippen LogP contribution is 2.22. The van der Waals surface area contributed by atoms with Gasteiger partial charge in [-0.3, -0.25) is 4.79 Å². The standard InChI is InChI=1S/C14H18ClNO.C7H9N/c1-2-16-9-7-12(8-10-16)14(17)11-3-5-13(15)6-4-11;8-6-7-4-2-1-3-5-7/h3-6,12H,2,7-10H2,1H3;1-5H,6,8H2. The van der Waals surface area contributed by atoms with E-state index in [4.69, 9.17) is 17.3 Å². The quantitative estimate of drug-likeness (QED) is 0.824. The van der Waals surface area contributed by atoms with Crippen molar-refractivity contribution in [1.29, 1.82) is 0 Å². The van der Waals surface area contributed by atoms with E-state index in [1.807, 2.05) is 42.5 Å². The molecular weight excluding hydrogens is 332 g/mol. The number of rotatable bonds is 4. The van der Waals surface area contributed by atoms with Gasteiger partial charge in [-0.15, -0.1) is 0 Å². The molecule has 1 aliphatic heterocycles. The van der Waals surface area contributed by atoms with E-state index in [1.165, 1.54) is 5.56 Å². The first kappa shape index (κ1) is 19.6. The molecule has 0 aromatic heterocycles. The van der Waals surface area contributed by atoms with Gasteiger partial charge in [0.2, 0.25) is 0 Å². The molecule has 0 aliphatic carbocycles. The lowest BCUT2D eigenvalue weighted by atomic mass is 9.89. The number of Topliss-reactive ketones (excluding diaryl/α,β-unsaturated/α-hetero) is 1. The van der Waals surface area contributed by atoms with E-state index in [-0.39, 0.29) is 11.7 Å². The predicted molar refractivity (Wildman–Crippen MR) is 105 cm³/mol. The van der Waals surface area contributed by atoms with Crippen LogP contribution in [-0.2, 0) is 6.54 Å². The van der Waals surface area contributed by atoms with Gasteiger partial charge in [0.1, 0.15) is 0 Å². The summed E-state index contributed by atoms with van der Waals surface area (Å²) in [6.45, 7) is 5.98. The highest BCUT2D eigenvalue weighted by atomic mass is 35.5. The van der Waals surface area contributed by atoms with Crippen molar-refractivity contribution in [3.63, 3.8) is 0 Å². The summed E-state index contributed by atoms with van der Waals surface area (Å²) in [5.74, 6) is 0.469. The zero-order valence-corrected chi connectivity index (χ0v) is 15.6. The van der Waals surface area contributed by atoms with Crippen molar-refractivity contribution in [3.05, 3.63) is 70.7 Å². The second kappa shape index (κ2) is 10.3. The number of piperidine rings is 1. The Labute approximate surface area is 155 Å². The summed E-state index contributed by atoms with van der Waals surface area (Å²) in [5.41, 5.74) is 7.33. The third-order valence-electron chi connectivity index (χ3n) is 4.61. The number of nitrogens with zero attached hydrogens (tertiary/aromatic N) is 1. The highest BCUT2D eigenvalue weighted by molar-refractivity contribution is 6.30. The normalized spacial score (nSPS) is 15.3. The first-order chi connectivity index (χ1) is 12.1. The number of hydrogen-bond donors (Lipinski definition) is 1. The van der Waals surface area contributed by atoms with Crippen molar-refractivity contribution >= 4 is 17.4 Å². The molecule has 0 atom stereocenters. The van der Waals surface area contributed by atoms with Crippen LogP contribution in [0.3, 0.4) is 0 Å². The Morgan fingerprint density at radius 3 is 2.16 bits per heavy atom. The van der Waals surface area contributed by atoms with Gasteiger partial charge in [0.15, 0.2) is 5.78 Å². The van der Waals surface area contributed by atoms with Crippen molar-refractivity contribution in [1.82, 2.24) is 4.90 Å². The predicted octanol–water partition coefficient (Wildman–Crippen LogP) is 4.40. The maximum Gasteiger partial charge on any atom is 0.166 e. The summed E-state index contributed by atoms with van der Waals surface area (Å²) in [6.07, 6.45) is 1.96. The Kier molecular flexibility index (Phi) is 8.13. The smallest absolute Gasteiger partial charge is 0.166 e.